The molecular weight excluding hydrogens is 506 g/mol. The van der Waals surface area contributed by atoms with Gasteiger partial charge in [-0.1, -0.05) is 65.0 Å². The van der Waals surface area contributed by atoms with Gasteiger partial charge in [-0.05, 0) is 139 Å². The van der Waals surface area contributed by atoms with E-state index in [-0.39, 0.29) is 27.1 Å². The first-order valence-corrected chi connectivity index (χ1v) is 16.1. The lowest BCUT2D eigenvalue weighted by Gasteiger charge is -2.72. The minimum Gasteiger partial charge on any atom is -0.478 e. The van der Waals surface area contributed by atoms with Crippen LogP contribution in [-0.4, -0.2) is 22.5 Å². The predicted molar refractivity (Wildman–Crippen MR) is 166 cm³/mol. The summed E-state index contributed by atoms with van der Waals surface area (Å²) in [6.45, 7) is 19.5. The Kier molecular flexibility index (Phi) is 6.53. The van der Waals surface area contributed by atoms with E-state index in [1.807, 2.05) is 18.3 Å². The van der Waals surface area contributed by atoms with Crippen LogP contribution in [0.3, 0.4) is 0 Å². The summed E-state index contributed by atoms with van der Waals surface area (Å²) in [6.07, 6.45) is 15.2. The summed E-state index contributed by atoms with van der Waals surface area (Å²) in [4.78, 5) is 11.5. The molecule has 4 nitrogen and oxygen atoms in total. The number of carboxylic acids is 1. The summed E-state index contributed by atoms with van der Waals surface area (Å²) in [5.41, 5.74) is 5.05. The number of aromatic carboxylic acids is 1. The Morgan fingerprint density at radius 3 is 2.27 bits per heavy atom. The zero-order valence-electron chi connectivity index (χ0n) is 26.2. The zero-order valence-corrected chi connectivity index (χ0v) is 26.2. The lowest BCUT2D eigenvalue weighted by Crippen LogP contribution is -2.65. The van der Waals surface area contributed by atoms with Crippen LogP contribution in [-0.2, 0) is 0 Å². The van der Waals surface area contributed by atoms with Crippen LogP contribution in [0.2, 0.25) is 0 Å². The lowest BCUT2D eigenvalue weighted by atomic mass is 9.32. The number of oxime groups is 1. The molecule has 0 saturated heterocycles. The van der Waals surface area contributed by atoms with E-state index in [4.69, 9.17) is 0 Å². The van der Waals surface area contributed by atoms with Crippen LogP contribution in [0.4, 0.5) is 0 Å². The van der Waals surface area contributed by atoms with Crippen molar-refractivity contribution in [3.63, 3.8) is 0 Å². The van der Waals surface area contributed by atoms with Gasteiger partial charge in [0.15, 0.2) is 0 Å². The Labute approximate surface area is 247 Å². The maximum atomic E-state index is 11.5. The maximum Gasteiger partial charge on any atom is 0.335 e. The highest BCUT2D eigenvalue weighted by Gasteiger charge is 2.70. The first kappa shape index (κ1) is 28.7. The van der Waals surface area contributed by atoms with E-state index in [0.717, 1.165) is 19.3 Å². The van der Waals surface area contributed by atoms with E-state index < -0.39 is 5.97 Å². The second-order valence-electron chi connectivity index (χ2n) is 16.1. The van der Waals surface area contributed by atoms with Gasteiger partial charge in [0.1, 0.15) is 0 Å². The van der Waals surface area contributed by atoms with Crippen molar-refractivity contribution in [1.29, 1.82) is 0 Å². The van der Waals surface area contributed by atoms with Crippen LogP contribution in [0.5, 0.6) is 0 Å². The Morgan fingerprint density at radius 1 is 0.927 bits per heavy atom. The van der Waals surface area contributed by atoms with E-state index in [2.05, 4.69) is 59.4 Å². The standard InChI is InChI=1S/C37H51NO3/c1-23(2)26-14-19-37(22-38-41)21-20-35(6)28(31(26)37)12-13-30-34(5)17-15-27(24-8-10-25(11-9-24)32(39)40)33(3,4)29(34)16-18-36(30,35)7/h8-11,15,22,26,28-31,41H,1,12-14,16-21H2,2-7H3,(H,39,40)/b38-22+. The molecule has 4 fully saturated rings. The minimum atomic E-state index is -0.868. The van der Waals surface area contributed by atoms with Crippen LogP contribution < -0.4 is 0 Å². The molecule has 6 rings (SSSR count). The average molecular weight is 558 g/mol. The van der Waals surface area contributed by atoms with Gasteiger partial charge in [-0.3, -0.25) is 0 Å². The third-order valence-corrected chi connectivity index (χ3v) is 14.5. The number of benzene rings is 1. The molecule has 0 heterocycles. The molecule has 0 bridgehead atoms. The smallest absolute Gasteiger partial charge is 0.335 e. The largest absolute Gasteiger partial charge is 0.478 e. The Bertz CT molecular complexity index is 1310. The molecule has 0 aliphatic heterocycles. The number of rotatable bonds is 4. The second-order valence-corrected chi connectivity index (χ2v) is 16.1. The van der Waals surface area contributed by atoms with Gasteiger partial charge in [0.25, 0.3) is 0 Å². The van der Waals surface area contributed by atoms with Gasteiger partial charge in [-0.2, -0.15) is 0 Å². The molecular formula is C37H51NO3. The summed E-state index contributed by atoms with van der Waals surface area (Å²) in [6, 6.07) is 7.55. The van der Waals surface area contributed by atoms with Crippen LogP contribution in [0.1, 0.15) is 115 Å². The van der Waals surface area contributed by atoms with Crippen molar-refractivity contribution in [2.45, 2.75) is 99.3 Å². The summed E-state index contributed by atoms with van der Waals surface area (Å²) in [5, 5.41) is 22.8. The van der Waals surface area contributed by atoms with Crippen molar-refractivity contribution in [2.75, 3.05) is 0 Å². The molecule has 1 aromatic rings. The highest BCUT2D eigenvalue weighted by molar-refractivity contribution is 5.88. The Morgan fingerprint density at radius 2 is 1.63 bits per heavy atom. The van der Waals surface area contributed by atoms with Gasteiger partial charge in [-0.15, -0.1) is 5.16 Å². The molecule has 9 unspecified atom stereocenters. The number of carboxylic acid groups (broad SMARTS) is 1. The van der Waals surface area contributed by atoms with E-state index in [0.29, 0.717) is 35.2 Å². The number of fused-ring (bicyclic) bond motifs is 7. The SMILES string of the molecule is C=C(C)C1CCC2(/C=N/O)CCC3(C)C(CCC4C5(C)CC=C(c6ccc(C(=O)O)cc6)C(C)(C)C5CCC43C)C12. The van der Waals surface area contributed by atoms with E-state index in [1.54, 1.807) is 12.1 Å². The topological polar surface area (TPSA) is 69.9 Å². The number of carbonyl (C=O) groups is 1. The summed E-state index contributed by atoms with van der Waals surface area (Å²) >= 11 is 0. The summed E-state index contributed by atoms with van der Waals surface area (Å²) in [7, 11) is 0. The van der Waals surface area contributed by atoms with Gasteiger partial charge < -0.3 is 10.3 Å². The molecule has 2 N–H and O–H groups in total. The third kappa shape index (κ3) is 3.77. The van der Waals surface area contributed by atoms with Crippen LogP contribution in [0.25, 0.3) is 5.57 Å². The highest BCUT2D eigenvalue weighted by Crippen LogP contribution is 2.77. The van der Waals surface area contributed by atoms with Crippen molar-refractivity contribution >= 4 is 17.8 Å². The first-order valence-electron chi connectivity index (χ1n) is 16.1. The third-order valence-electron chi connectivity index (χ3n) is 14.5. The number of nitrogens with zero attached hydrogens (tertiary/aromatic N) is 1. The van der Waals surface area contributed by atoms with Crippen LogP contribution >= 0.6 is 0 Å². The summed E-state index contributed by atoms with van der Waals surface area (Å²) in [5.74, 6) is 2.08. The molecule has 0 radical (unpaired) electrons. The molecule has 9 atom stereocenters. The molecule has 5 aliphatic rings. The fraction of sp³-hybridized carbons (Fsp3) is 0.676. The van der Waals surface area contributed by atoms with Gasteiger partial charge >= 0.3 is 5.97 Å². The van der Waals surface area contributed by atoms with Crippen molar-refractivity contribution in [2.24, 2.45) is 61.8 Å². The Balaban J connectivity index is 1.37. The molecule has 0 aromatic heterocycles. The molecule has 41 heavy (non-hydrogen) atoms. The molecule has 0 spiro atoms. The van der Waals surface area contributed by atoms with Gasteiger partial charge in [0.05, 0.1) is 11.8 Å². The van der Waals surface area contributed by atoms with Gasteiger partial charge in [0, 0.05) is 5.41 Å². The fourth-order valence-electron chi connectivity index (χ4n) is 12.4. The molecule has 4 saturated carbocycles. The van der Waals surface area contributed by atoms with Crippen LogP contribution in [0.15, 0.2) is 47.6 Å². The van der Waals surface area contributed by atoms with Crippen molar-refractivity contribution in [1.82, 2.24) is 0 Å². The second kappa shape index (κ2) is 9.32. The number of hydrogen-bond donors (Lipinski definition) is 2. The summed E-state index contributed by atoms with van der Waals surface area (Å²) < 4.78 is 0. The molecule has 222 valence electrons. The van der Waals surface area contributed by atoms with Gasteiger partial charge in [0.2, 0.25) is 0 Å². The van der Waals surface area contributed by atoms with E-state index in [9.17, 15) is 15.1 Å². The molecule has 1 aromatic carbocycles. The molecule has 4 heteroatoms. The number of allylic oxidation sites excluding steroid dienone is 3. The zero-order chi connectivity index (χ0) is 29.6. The normalized spacial score (nSPS) is 44.7. The highest BCUT2D eigenvalue weighted by atomic mass is 16.4. The fourth-order valence-corrected chi connectivity index (χ4v) is 12.4. The van der Waals surface area contributed by atoms with Crippen LogP contribution in [0, 0.1) is 56.7 Å². The van der Waals surface area contributed by atoms with E-state index in [1.165, 1.54) is 55.2 Å². The maximum absolute atomic E-state index is 11.5. The molecule has 0 amide bonds. The average Bonchev–Trinajstić information content (AvgIpc) is 3.29. The predicted octanol–water partition coefficient (Wildman–Crippen LogP) is 9.50. The van der Waals surface area contributed by atoms with Crippen molar-refractivity contribution < 1.29 is 15.1 Å². The Hall–Kier alpha value is -2.36. The monoisotopic (exact) mass is 557 g/mol. The lowest BCUT2D eigenvalue weighted by molar-refractivity contribution is -0.219. The van der Waals surface area contributed by atoms with E-state index >= 15 is 0 Å². The first-order chi connectivity index (χ1) is 19.2. The molecule has 5 aliphatic carbocycles. The van der Waals surface area contributed by atoms with Crippen molar-refractivity contribution in [3.8, 4) is 0 Å². The number of hydrogen-bond acceptors (Lipinski definition) is 3. The minimum absolute atomic E-state index is 0.0205. The van der Waals surface area contributed by atoms with Gasteiger partial charge in [-0.25, -0.2) is 4.79 Å². The van der Waals surface area contributed by atoms with Crippen molar-refractivity contribution in [3.05, 3.63) is 53.6 Å². The quantitative estimate of drug-likeness (QED) is 0.168.